The standard InChI is InChI=1S/C10H19N3O3S/c1-12(2)10(3-4-10)8-17(15,16)13-6-5-11-9(14)7-13/h3-8H2,1-2H3,(H,11,14). The van der Waals surface area contributed by atoms with Crippen LogP contribution in [0.2, 0.25) is 0 Å². The SMILES string of the molecule is CN(C)C1(CS(=O)(=O)N2CCNC(=O)C2)CC1. The Morgan fingerprint density at radius 2 is 2.06 bits per heavy atom. The van der Waals surface area contributed by atoms with Crippen molar-refractivity contribution in [2.75, 3.05) is 39.5 Å². The zero-order chi connectivity index (χ0) is 12.7. The molecular weight excluding hydrogens is 242 g/mol. The molecule has 0 aromatic carbocycles. The maximum Gasteiger partial charge on any atom is 0.235 e. The Morgan fingerprint density at radius 1 is 1.41 bits per heavy atom. The Hall–Kier alpha value is -0.660. The normalized spacial score (nSPS) is 24.8. The van der Waals surface area contributed by atoms with Crippen molar-refractivity contribution in [2.45, 2.75) is 18.4 Å². The van der Waals surface area contributed by atoms with Crippen molar-refractivity contribution in [2.24, 2.45) is 0 Å². The fourth-order valence-electron chi connectivity index (χ4n) is 2.15. The summed E-state index contributed by atoms with van der Waals surface area (Å²) in [7, 11) is 0.491. The van der Waals surface area contributed by atoms with Crippen LogP contribution in [0, 0.1) is 0 Å². The van der Waals surface area contributed by atoms with Crippen molar-refractivity contribution in [3.05, 3.63) is 0 Å². The zero-order valence-corrected chi connectivity index (χ0v) is 11.1. The molecule has 2 fully saturated rings. The second-order valence-corrected chi connectivity index (χ2v) is 7.03. The summed E-state index contributed by atoms with van der Waals surface area (Å²) in [5.41, 5.74) is -0.202. The predicted molar refractivity (Wildman–Crippen MR) is 64.0 cm³/mol. The van der Waals surface area contributed by atoms with Crippen LogP contribution in [0.4, 0.5) is 0 Å². The van der Waals surface area contributed by atoms with E-state index in [0.29, 0.717) is 13.1 Å². The van der Waals surface area contributed by atoms with E-state index >= 15 is 0 Å². The Kier molecular flexibility index (Phi) is 3.17. The number of nitrogens with zero attached hydrogens (tertiary/aromatic N) is 2. The topological polar surface area (TPSA) is 69.7 Å². The summed E-state index contributed by atoms with van der Waals surface area (Å²) in [6, 6.07) is 0. The van der Waals surface area contributed by atoms with Crippen LogP contribution in [0.25, 0.3) is 0 Å². The summed E-state index contributed by atoms with van der Waals surface area (Å²) in [5.74, 6) is -0.0881. The highest BCUT2D eigenvalue weighted by molar-refractivity contribution is 7.89. The minimum atomic E-state index is -3.33. The van der Waals surface area contributed by atoms with E-state index in [1.54, 1.807) is 0 Å². The number of carbonyl (C=O) groups excluding carboxylic acids is 1. The number of hydrogen-bond acceptors (Lipinski definition) is 4. The third-order valence-corrected chi connectivity index (χ3v) is 5.62. The molecule has 17 heavy (non-hydrogen) atoms. The number of nitrogens with one attached hydrogen (secondary N) is 1. The molecule has 0 aromatic rings. The molecule has 6 nitrogen and oxygen atoms in total. The van der Waals surface area contributed by atoms with Crippen LogP contribution in [-0.4, -0.2) is 68.6 Å². The van der Waals surface area contributed by atoms with Crippen molar-refractivity contribution in [1.29, 1.82) is 0 Å². The highest BCUT2D eigenvalue weighted by atomic mass is 32.2. The first-order valence-corrected chi connectivity index (χ1v) is 7.39. The van der Waals surface area contributed by atoms with E-state index in [1.807, 2.05) is 19.0 Å². The first-order chi connectivity index (χ1) is 7.86. The molecule has 1 saturated heterocycles. The molecule has 1 N–H and O–H groups in total. The van der Waals surface area contributed by atoms with Crippen molar-refractivity contribution < 1.29 is 13.2 Å². The number of hydrogen-bond donors (Lipinski definition) is 1. The highest BCUT2D eigenvalue weighted by Crippen LogP contribution is 2.41. The van der Waals surface area contributed by atoms with Gasteiger partial charge in [-0.15, -0.1) is 0 Å². The van der Waals surface area contributed by atoms with E-state index < -0.39 is 10.0 Å². The van der Waals surface area contributed by atoms with Crippen molar-refractivity contribution in [3.8, 4) is 0 Å². The summed E-state index contributed by atoms with van der Waals surface area (Å²) >= 11 is 0. The second kappa shape index (κ2) is 4.22. The van der Waals surface area contributed by atoms with Crippen LogP contribution in [0.15, 0.2) is 0 Å². The Labute approximate surface area is 102 Å². The van der Waals surface area contributed by atoms with Crippen molar-refractivity contribution in [1.82, 2.24) is 14.5 Å². The molecule has 0 atom stereocenters. The first-order valence-electron chi connectivity index (χ1n) is 5.78. The summed E-state index contributed by atoms with van der Waals surface area (Å²) in [6.45, 7) is 0.760. The summed E-state index contributed by atoms with van der Waals surface area (Å²) in [6.07, 6.45) is 1.83. The third kappa shape index (κ3) is 2.61. The lowest BCUT2D eigenvalue weighted by atomic mass is 10.3. The van der Waals surface area contributed by atoms with Gasteiger partial charge in [-0.2, -0.15) is 4.31 Å². The second-order valence-electron chi connectivity index (χ2n) is 5.06. The highest BCUT2D eigenvalue weighted by Gasteiger charge is 2.49. The summed E-state index contributed by atoms with van der Waals surface area (Å²) < 4.78 is 25.7. The minimum Gasteiger partial charge on any atom is -0.354 e. The molecule has 2 rings (SSSR count). The Bertz CT molecular complexity index is 415. The molecule has 0 unspecified atom stereocenters. The lowest BCUT2D eigenvalue weighted by molar-refractivity contribution is -0.122. The molecule has 1 heterocycles. The van der Waals surface area contributed by atoms with Crippen molar-refractivity contribution in [3.63, 3.8) is 0 Å². The molecule has 1 saturated carbocycles. The lowest BCUT2D eigenvalue weighted by Crippen LogP contribution is -2.52. The lowest BCUT2D eigenvalue weighted by Gasteiger charge is -2.30. The Balaban J connectivity index is 2.06. The largest absolute Gasteiger partial charge is 0.354 e. The van der Waals surface area contributed by atoms with E-state index in [-0.39, 0.29) is 23.7 Å². The molecule has 2 aliphatic rings. The van der Waals surface area contributed by atoms with Gasteiger partial charge in [-0.25, -0.2) is 8.42 Å². The number of sulfonamides is 1. The molecule has 1 aliphatic heterocycles. The van der Waals surface area contributed by atoms with E-state index in [1.165, 1.54) is 4.31 Å². The molecule has 0 bridgehead atoms. The van der Waals surface area contributed by atoms with Gasteiger partial charge in [0.2, 0.25) is 15.9 Å². The van der Waals surface area contributed by atoms with Gasteiger partial charge in [0.15, 0.2) is 0 Å². The molecule has 1 aliphatic carbocycles. The number of carbonyl (C=O) groups is 1. The monoisotopic (exact) mass is 261 g/mol. The van der Waals surface area contributed by atoms with E-state index in [9.17, 15) is 13.2 Å². The Morgan fingerprint density at radius 3 is 2.53 bits per heavy atom. The van der Waals surface area contributed by atoms with Gasteiger partial charge in [0, 0.05) is 18.6 Å². The molecule has 0 aromatic heterocycles. The van der Waals surface area contributed by atoms with Crippen LogP contribution in [0.3, 0.4) is 0 Å². The summed E-state index contributed by atoms with van der Waals surface area (Å²) in [4.78, 5) is 13.2. The molecule has 1 amide bonds. The maximum absolute atomic E-state index is 12.2. The van der Waals surface area contributed by atoms with Gasteiger partial charge in [0.1, 0.15) is 0 Å². The van der Waals surface area contributed by atoms with Gasteiger partial charge < -0.3 is 10.2 Å². The van der Waals surface area contributed by atoms with Crippen LogP contribution in [0.5, 0.6) is 0 Å². The first kappa shape index (κ1) is 12.8. The molecule has 0 spiro atoms. The zero-order valence-electron chi connectivity index (χ0n) is 10.3. The van der Waals surface area contributed by atoms with Crippen LogP contribution in [0.1, 0.15) is 12.8 Å². The molecular formula is C10H19N3O3S. The van der Waals surface area contributed by atoms with Crippen LogP contribution >= 0.6 is 0 Å². The fraction of sp³-hybridized carbons (Fsp3) is 0.900. The summed E-state index contributed by atoms with van der Waals surface area (Å²) in [5, 5.41) is 2.63. The van der Waals surface area contributed by atoms with Gasteiger partial charge >= 0.3 is 0 Å². The van der Waals surface area contributed by atoms with Gasteiger partial charge in [0.25, 0.3) is 0 Å². The quantitative estimate of drug-likeness (QED) is 0.693. The molecule has 0 radical (unpaired) electrons. The fourth-order valence-corrected chi connectivity index (χ4v) is 4.24. The van der Waals surface area contributed by atoms with Gasteiger partial charge in [0.05, 0.1) is 12.3 Å². The predicted octanol–water partition coefficient (Wildman–Crippen LogP) is -1.16. The van der Waals surface area contributed by atoms with Crippen LogP contribution < -0.4 is 5.32 Å². The van der Waals surface area contributed by atoms with Crippen molar-refractivity contribution >= 4 is 15.9 Å². The van der Waals surface area contributed by atoms with Gasteiger partial charge in [-0.1, -0.05) is 0 Å². The van der Waals surface area contributed by atoms with E-state index in [0.717, 1.165) is 12.8 Å². The van der Waals surface area contributed by atoms with Crippen LogP contribution in [-0.2, 0) is 14.8 Å². The smallest absolute Gasteiger partial charge is 0.235 e. The average Bonchev–Trinajstić information content (AvgIpc) is 2.98. The van der Waals surface area contributed by atoms with Gasteiger partial charge in [-0.05, 0) is 26.9 Å². The number of rotatable bonds is 4. The minimum absolute atomic E-state index is 0.0359. The number of amides is 1. The number of piperazine rings is 1. The van der Waals surface area contributed by atoms with Gasteiger partial charge in [-0.3, -0.25) is 4.79 Å². The third-order valence-electron chi connectivity index (χ3n) is 3.62. The molecule has 98 valence electrons. The van der Waals surface area contributed by atoms with E-state index in [2.05, 4.69) is 5.32 Å². The average molecular weight is 261 g/mol. The molecule has 7 heteroatoms. The maximum atomic E-state index is 12.2. The van der Waals surface area contributed by atoms with E-state index in [4.69, 9.17) is 0 Å².